The Kier molecular flexibility index (Phi) is 20.1. The van der Waals surface area contributed by atoms with Gasteiger partial charge in [-0.25, -0.2) is 14.2 Å². The van der Waals surface area contributed by atoms with Gasteiger partial charge in [-0.2, -0.15) is 0 Å². The third kappa shape index (κ3) is 13.6. The van der Waals surface area contributed by atoms with E-state index in [1.54, 1.807) is 48.5 Å². The van der Waals surface area contributed by atoms with E-state index in [0.29, 0.717) is 67.8 Å². The number of rotatable bonds is 25. The molecule has 0 spiro atoms. The zero-order valence-electron chi connectivity index (χ0n) is 50.0. The van der Waals surface area contributed by atoms with Crippen molar-refractivity contribution in [1.82, 2.24) is 19.1 Å². The molecular formula is C65H67N4O18PS2. The Hall–Kier alpha value is -7.84. The SMILES string of the molecule is COc1ccc(C(OC[C@H]2O[C@@H](n3cc(C)c(=O)[nH]c3=O)C[C@@]2(O)OP(=O)(OC(O)[C@H]2O[C@@H](n3cc(C)c(=O)[nH]c3=O)C[C@@H]2OC(c2ccccc2)(c2ccc(OC)cc2)c2ccc(OC)cc2)SCSC(C)=O)(c2ccccc2)c2ccc(OC)cc2)cc1. The van der Waals surface area contributed by atoms with Crippen molar-refractivity contribution in [1.29, 1.82) is 0 Å². The first kappa shape index (κ1) is 65.1. The molecule has 2 aliphatic heterocycles. The monoisotopic (exact) mass is 1290 g/mol. The number of thioether (sulfide) groups is 1. The van der Waals surface area contributed by atoms with Crippen molar-refractivity contribution >= 4 is 35.1 Å². The molecule has 10 rings (SSSR count). The minimum Gasteiger partial charge on any atom is -0.497 e. The maximum atomic E-state index is 16.2. The lowest BCUT2D eigenvalue weighted by Crippen LogP contribution is -2.46. The maximum Gasteiger partial charge on any atom is 0.394 e. The molecule has 8 atom stereocenters. The number of aliphatic hydroxyl groups is 2. The topological polar surface area (TPSA) is 277 Å². The van der Waals surface area contributed by atoms with Crippen molar-refractivity contribution in [2.75, 3.05) is 40.1 Å². The molecule has 0 bridgehead atoms. The molecule has 0 saturated carbocycles. The van der Waals surface area contributed by atoms with E-state index in [4.69, 9.17) is 46.9 Å². The highest BCUT2D eigenvalue weighted by Gasteiger charge is 2.57. The molecule has 4 N–H and O–H groups in total. The third-order valence-electron chi connectivity index (χ3n) is 15.7. The van der Waals surface area contributed by atoms with Gasteiger partial charge in [0, 0.05) is 36.9 Å². The van der Waals surface area contributed by atoms with E-state index in [-0.39, 0.29) is 22.6 Å². The molecule has 4 heterocycles. The molecule has 90 heavy (non-hydrogen) atoms. The van der Waals surface area contributed by atoms with Crippen LogP contribution in [0.3, 0.4) is 0 Å². The van der Waals surface area contributed by atoms with E-state index in [1.165, 1.54) is 61.6 Å². The number of nitrogens with one attached hydrogen (secondary N) is 2. The Balaban J connectivity index is 1.09. The van der Waals surface area contributed by atoms with Crippen LogP contribution in [0.1, 0.15) is 76.7 Å². The first-order valence-corrected chi connectivity index (χ1v) is 32.5. The number of hydrogen-bond acceptors (Lipinski definition) is 20. The van der Waals surface area contributed by atoms with Crippen molar-refractivity contribution in [2.24, 2.45) is 0 Å². The van der Waals surface area contributed by atoms with E-state index in [0.717, 1.165) is 20.9 Å². The molecule has 2 saturated heterocycles. The summed E-state index contributed by atoms with van der Waals surface area (Å²) in [5, 5.41) is 25.5. The Morgan fingerprint density at radius 2 is 1.04 bits per heavy atom. The second-order valence-electron chi connectivity index (χ2n) is 21.3. The zero-order valence-corrected chi connectivity index (χ0v) is 52.6. The van der Waals surface area contributed by atoms with Crippen molar-refractivity contribution in [3.8, 4) is 23.0 Å². The highest BCUT2D eigenvalue weighted by Crippen LogP contribution is 2.66. The fourth-order valence-corrected chi connectivity index (χ4v) is 16.3. The van der Waals surface area contributed by atoms with Gasteiger partial charge < -0.3 is 48.1 Å². The Morgan fingerprint density at radius 3 is 1.48 bits per heavy atom. The molecule has 2 aromatic heterocycles. The minimum atomic E-state index is -5.17. The fourth-order valence-electron chi connectivity index (χ4n) is 11.1. The van der Waals surface area contributed by atoms with Crippen LogP contribution in [0.2, 0.25) is 0 Å². The van der Waals surface area contributed by atoms with Crippen LogP contribution in [-0.2, 0) is 48.6 Å². The first-order chi connectivity index (χ1) is 43.2. The van der Waals surface area contributed by atoms with Gasteiger partial charge in [-0.1, -0.05) is 121 Å². The Labute approximate surface area is 525 Å². The van der Waals surface area contributed by atoms with Gasteiger partial charge in [0.15, 0.2) is 11.4 Å². The molecule has 22 nitrogen and oxygen atoms in total. The Morgan fingerprint density at radius 1 is 0.633 bits per heavy atom. The number of aryl methyl sites for hydroxylation is 2. The molecule has 2 fully saturated rings. The minimum absolute atomic E-state index is 0.111. The number of ether oxygens (including phenoxy) is 8. The summed E-state index contributed by atoms with van der Waals surface area (Å²) in [7, 11) is 6.14. The van der Waals surface area contributed by atoms with Crippen LogP contribution in [-0.4, -0.2) is 105 Å². The quantitative estimate of drug-likeness (QED) is 0.0236. The standard InChI is InChI=1S/C65H67N4O18PS2/c1-40-36-68(61(74)66-58(40)71)55-34-53(85-65(44-16-12-9-13-17-44,47-22-30-51(80-6)31-23-47)48-24-32-52(81-7)33-25-48)57(84-55)60(73)86-88(77,90-39-89-42(3)70)87-63(76)35-56(69-37-41(2)59(72)67-62(69)75)83-54(63)38-82-64(43-14-10-8-11-15-43,45-18-26-49(78-4)27-19-45)46-20-28-50(79-5)29-21-46/h8-33,36-37,53-57,60,73,76H,34-35,38-39H2,1-7H3,(H,66,71,74)(H,67,72,75)/t53-,54+,55+,56+,57-,60?,63+,88?/m0/s1. The number of aliphatic hydroxyl groups excluding tert-OH is 1. The van der Waals surface area contributed by atoms with Gasteiger partial charge in [0.05, 0.1) is 52.7 Å². The normalized spacial score (nSPS) is 20.3. The van der Waals surface area contributed by atoms with E-state index >= 15 is 4.57 Å². The number of benzene rings is 6. The van der Waals surface area contributed by atoms with Gasteiger partial charge in [-0.3, -0.25) is 42.5 Å². The number of H-pyrrole nitrogens is 2. The molecule has 0 amide bonds. The molecule has 0 aliphatic carbocycles. The number of aromatic amines is 2. The molecule has 6 aromatic carbocycles. The summed E-state index contributed by atoms with van der Waals surface area (Å²) in [6, 6.07) is 46.9. The average molecular weight is 1290 g/mol. The van der Waals surface area contributed by atoms with Crippen LogP contribution < -0.4 is 41.4 Å². The van der Waals surface area contributed by atoms with E-state index in [2.05, 4.69) is 9.97 Å². The molecule has 2 aliphatic rings. The molecule has 2 unspecified atom stereocenters. The molecular weight excluding hydrogens is 1220 g/mol. The van der Waals surface area contributed by atoms with E-state index in [1.807, 2.05) is 109 Å². The van der Waals surface area contributed by atoms with Gasteiger partial charge >= 0.3 is 18.2 Å². The average Bonchev–Trinajstić information content (AvgIpc) is 0.853. The number of aromatic nitrogens is 4. The van der Waals surface area contributed by atoms with Gasteiger partial charge in [-0.15, -0.1) is 0 Å². The van der Waals surface area contributed by atoms with E-state index in [9.17, 15) is 34.2 Å². The number of hydrogen-bond donors (Lipinski definition) is 4. The lowest BCUT2D eigenvalue weighted by atomic mass is 9.79. The zero-order chi connectivity index (χ0) is 64.0. The lowest BCUT2D eigenvalue weighted by molar-refractivity contribution is -0.211. The van der Waals surface area contributed by atoms with Crippen LogP contribution in [0.5, 0.6) is 23.0 Å². The van der Waals surface area contributed by atoms with Crippen molar-refractivity contribution in [2.45, 2.75) is 87.7 Å². The van der Waals surface area contributed by atoms with Crippen molar-refractivity contribution in [3.05, 3.63) is 256 Å². The first-order valence-electron chi connectivity index (χ1n) is 28.4. The van der Waals surface area contributed by atoms with Gasteiger partial charge in [0.1, 0.15) is 58.9 Å². The number of carbonyl (C=O) groups is 1. The highest BCUT2D eigenvalue weighted by molar-refractivity contribution is 8.58. The van der Waals surface area contributed by atoms with Crippen molar-refractivity contribution in [3.63, 3.8) is 0 Å². The molecule has 0 radical (unpaired) electrons. The summed E-state index contributed by atoms with van der Waals surface area (Å²) < 4.78 is 81.3. The number of nitrogens with zero attached hydrogens (tertiary/aromatic N) is 2. The Bertz CT molecular complexity index is 3990. The fraction of sp³-hybridized carbons (Fsp3) is 0.308. The maximum absolute atomic E-state index is 16.2. The summed E-state index contributed by atoms with van der Waals surface area (Å²) >= 11 is 1.18. The summed E-state index contributed by atoms with van der Waals surface area (Å²) in [5.74, 6) is -0.638. The summed E-state index contributed by atoms with van der Waals surface area (Å²) in [4.78, 5) is 70.2. The summed E-state index contributed by atoms with van der Waals surface area (Å²) in [6.07, 6.45) is -8.15. The van der Waals surface area contributed by atoms with Gasteiger partial charge in [0.25, 0.3) is 11.1 Å². The smallest absolute Gasteiger partial charge is 0.394 e. The number of methoxy groups -OCH3 is 4. The van der Waals surface area contributed by atoms with E-state index < -0.39 is 101 Å². The number of carbonyl (C=O) groups excluding carboxylic acids is 1. The van der Waals surface area contributed by atoms with Crippen molar-refractivity contribution < 1.29 is 66.5 Å². The summed E-state index contributed by atoms with van der Waals surface area (Å²) in [6.45, 7) is -1.51. The van der Waals surface area contributed by atoms with Crippen LogP contribution in [0.25, 0.3) is 0 Å². The van der Waals surface area contributed by atoms with Crippen LogP contribution in [0, 0.1) is 13.8 Å². The molecule has 25 heteroatoms. The van der Waals surface area contributed by atoms with Gasteiger partial charge in [0.2, 0.25) is 5.79 Å². The van der Waals surface area contributed by atoms with Crippen LogP contribution >= 0.6 is 29.9 Å². The lowest BCUT2D eigenvalue weighted by Gasteiger charge is -2.40. The predicted molar refractivity (Wildman–Crippen MR) is 336 cm³/mol. The second-order valence-corrected chi connectivity index (χ2v) is 26.7. The molecule has 8 aromatic rings. The van der Waals surface area contributed by atoms with Crippen LogP contribution in [0.15, 0.2) is 189 Å². The highest BCUT2D eigenvalue weighted by atomic mass is 32.7. The summed E-state index contributed by atoms with van der Waals surface area (Å²) in [5.41, 5.74) is -2.44. The second kappa shape index (κ2) is 27.7. The third-order valence-corrected chi connectivity index (χ3v) is 20.7. The van der Waals surface area contributed by atoms with Crippen LogP contribution in [0.4, 0.5) is 0 Å². The molecule has 472 valence electrons. The predicted octanol–water partition coefficient (Wildman–Crippen LogP) is 8.82. The van der Waals surface area contributed by atoms with Gasteiger partial charge in [-0.05, 0) is 107 Å². The largest absolute Gasteiger partial charge is 0.497 e.